The van der Waals surface area contributed by atoms with Gasteiger partial charge in [0.25, 0.3) is 5.91 Å². The summed E-state index contributed by atoms with van der Waals surface area (Å²) in [6.45, 7) is 5.63. The summed E-state index contributed by atoms with van der Waals surface area (Å²) in [4.78, 5) is 37.9. The number of rotatable bonds is 7. The van der Waals surface area contributed by atoms with Crippen molar-refractivity contribution >= 4 is 80.2 Å². The number of amides is 1. The highest BCUT2D eigenvalue weighted by atomic mass is 35.5. The largest absolute Gasteiger partial charge is 0.478 e. The topological polar surface area (TPSA) is 91.9 Å². The van der Waals surface area contributed by atoms with E-state index in [-0.39, 0.29) is 17.4 Å². The zero-order chi connectivity index (χ0) is 39.4. The van der Waals surface area contributed by atoms with E-state index in [9.17, 15) is 9.90 Å². The smallest absolute Gasteiger partial charge is 0.335 e. The van der Waals surface area contributed by atoms with Crippen LogP contribution in [0.25, 0.3) is 22.2 Å². The first-order valence-corrected chi connectivity index (χ1v) is 21.0. The van der Waals surface area contributed by atoms with Crippen molar-refractivity contribution in [3.05, 3.63) is 140 Å². The zero-order valence-electron chi connectivity index (χ0n) is 31.7. The summed E-state index contributed by atoms with van der Waals surface area (Å²) in [5.41, 5.74) is 7.98. The fourth-order valence-corrected chi connectivity index (χ4v) is 10.3. The molecule has 2 fully saturated rings. The van der Waals surface area contributed by atoms with Crippen molar-refractivity contribution in [3.8, 4) is 0 Å². The fraction of sp³-hybridized carbons (Fsp3) is 0.304. The molecular weight excluding hydrogens is 777 g/mol. The Labute approximate surface area is 347 Å². The third-order valence-electron chi connectivity index (χ3n) is 12.3. The van der Waals surface area contributed by atoms with E-state index < -0.39 is 12.0 Å². The summed E-state index contributed by atoms with van der Waals surface area (Å²) < 4.78 is 0. The summed E-state index contributed by atoms with van der Waals surface area (Å²) >= 11 is 20.3. The zero-order valence-corrected chi connectivity index (χ0v) is 34.0. The molecule has 1 amide bonds. The third kappa shape index (κ3) is 7.01. The third-order valence-corrected chi connectivity index (χ3v) is 13.1. The predicted molar refractivity (Wildman–Crippen MR) is 232 cm³/mol. The second-order valence-corrected chi connectivity index (χ2v) is 17.0. The van der Waals surface area contributed by atoms with E-state index in [1.165, 1.54) is 32.1 Å². The van der Waals surface area contributed by atoms with E-state index in [1.807, 2.05) is 48.5 Å². The van der Waals surface area contributed by atoms with Crippen LogP contribution >= 0.6 is 34.8 Å². The Balaban J connectivity index is 1.20. The lowest BCUT2D eigenvalue weighted by molar-refractivity contribution is 0.0696. The molecule has 1 aromatic heterocycles. The molecule has 2 unspecified atom stereocenters. The number of benzene rings is 4. The SMILES string of the molecule is CC1CC=CN2C(=C1c1ccccc1)c1c(C(=O)Nc3cc(C(=O)O)ccc3N3CCN(C4CCCCC4)CC3)[nH]c3cc(Cl)cc(c13)C2c1ccc(Cl)cc1Cl. The van der Waals surface area contributed by atoms with Gasteiger partial charge in [-0.25, -0.2) is 4.79 Å². The molecule has 11 heteroatoms. The van der Waals surface area contributed by atoms with E-state index in [2.05, 4.69) is 56.3 Å². The Morgan fingerprint density at radius 2 is 1.61 bits per heavy atom. The molecule has 1 aliphatic carbocycles. The second-order valence-electron chi connectivity index (χ2n) is 15.7. The number of piperazine rings is 1. The van der Waals surface area contributed by atoms with Crippen molar-refractivity contribution in [2.75, 3.05) is 36.4 Å². The quantitative estimate of drug-likeness (QED) is 0.151. The van der Waals surface area contributed by atoms with Crippen LogP contribution in [0.1, 0.15) is 94.6 Å². The van der Waals surface area contributed by atoms with Crippen LogP contribution in [0.4, 0.5) is 11.4 Å². The van der Waals surface area contributed by atoms with Crippen LogP contribution in [0.15, 0.2) is 91.1 Å². The molecule has 0 radical (unpaired) electrons. The Morgan fingerprint density at radius 1 is 0.842 bits per heavy atom. The number of hydrogen-bond donors (Lipinski definition) is 3. The highest BCUT2D eigenvalue weighted by molar-refractivity contribution is 6.35. The Kier molecular flexibility index (Phi) is 10.3. The predicted octanol–water partition coefficient (Wildman–Crippen LogP) is 11.4. The number of carboxylic acid groups (broad SMARTS) is 1. The van der Waals surface area contributed by atoms with Crippen LogP contribution in [0.2, 0.25) is 15.1 Å². The first-order chi connectivity index (χ1) is 27.7. The highest BCUT2D eigenvalue weighted by Crippen LogP contribution is 2.54. The van der Waals surface area contributed by atoms with Crippen LogP contribution < -0.4 is 10.2 Å². The number of carbonyl (C=O) groups is 2. The lowest BCUT2D eigenvalue weighted by Crippen LogP contribution is -2.51. The van der Waals surface area contributed by atoms with Crippen LogP contribution in [0, 0.1) is 5.92 Å². The molecule has 0 spiro atoms. The number of H-pyrrole nitrogens is 1. The lowest BCUT2D eigenvalue weighted by Gasteiger charge is -2.42. The number of aromatic nitrogens is 1. The molecule has 4 heterocycles. The van der Waals surface area contributed by atoms with Crippen molar-refractivity contribution in [2.24, 2.45) is 5.92 Å². The van der Waals surface area contributed by atoms with Gasteiger partial charge in [-0.3, -0.25) is 9.69 Å². The molecular formula is C46H44Cl3N5O3. The number of fused-ring (bicyclic) bond motifs is 2. The lowest BCUT2D eigenvalue weighted by atomic mass is 9.82. The first-order valence-electron chi connectivity index (χ1n) is 19.9. The molecule has 5 aromatic rings. The van der Waals surface area contributed by atoms with Gasteiger partial charge in [-0.2, -0.15) is 0 Å². The van der Waals surface area contributed by atoms with Crippen LogP contribution in [-0.4, -0.2) is 64.0 Å². The summed E-state index contributed by atoms with van der Waals surface area (Å²) in [6.07, 6.45) is 11.4. The molecule has 57 heavy (non-hydrogen) atoms. The number of halogens is 3. The van der Waals surface area contributed by atoms with E-state index >= 15 is 4.79 Å². The van der Waals surface area contributed by atoms with Crippen LogP contribution in [-0.2, 0) is 0 Å². The van der Waals surface area contributed by atoms with Gasteiger partial charge in [-0.05, 0) is 89.9 Å². The molecule has 0 bridgehead atoms. The summed E-state index contributed by atoms with van der Waals surface area (Å²) in [5, 5.41) is 15.7. The van der Waals surface area contributed by atoms with Crippen LogP contribution in [0.3, 0.4) is 0 Å². The molecule has 4 aliphatic rings. The van der Waals surface area contributed by atoms with Gasteiger partial charge in [0.05, 0.1) is 28.7 Å². The summed E-state index contributed by atoms with van der Waals surface area (Å²) in [6, 6.07) is 25.0. The molecule has 8 nitrogen and oxygen atoms in total. The number of nitrogens with zero attached hydrogens (tertiary/aromatic N) is 3. The molecule has 1 saturated carbocycles. The molecule has 2 atom stereocenters. The number of anilines is 2. The average Bonchev–Trinajstić information content (AvgIpc) is 3.51. The van der Waals surface area contributed by atoms with Gasteiger partial charge in [-0.1, -0.05) is 103 Å². The number of nitrogens with one attached hydrogen (secondary N) is 2. The number of aromatic carboxylic acids is 1. The van der Waals surface area contributed by atoms with Gasteiger partial charge >= 0.3 is 5.97 Å². The minimum atomic E-state index is -1.06. The van der Waals surface area contributed by atoms with Crippen molar-refractivity contribution in [3.63, 3.8) is 0 Å². The summed E-state index contributed by atoms with van der Waals surface area (Å²) in [7, 11) is 0. The Bertz CT molecular complexity index is 2450. The highest BCUT2D eigenvalue weighted by Gasteiger charge is 2.40. The average molecular weight is 821 g/mol. The number of carboxylic acids is 1. The first kappa shape index (κ1) is 37.8. The maximum absolute atomic E-state index is 15.0. The van der Waals surface area contributed by atoms with Crippen molar-refractivity contribution in [1.29, 1.82) is 0 Å². The minimum Gasteiger partial charge on any atom is -0.478 e. The molecule has 9 rings (SSSR count). The molecule has 1 saturated heterocycles. The Hall–Kier alpha value is -4.73. The number of aromatic amines is 1. The maximum atomic E-state index is 15.0. The summed E-state index contributed by atoms with van der Waals surface area (Å²) in [5.74, 6) is -1.35. The van der Waals surface area contributed by atoms with Gasteiger partial charge in [0.1, 0.15) is 5.69 Å². The van der Waals surface area contributed by atoms with E-state index in [0.29, 0.717) is 38.0 Å². The minimum absolute atomic E-state index is 0.0887. The molecule has 4 aromatic carbocycles. The fourth-order valence-electron chi connectivity index (χ4n) is 9.61. The maximum Gasteiger partial charge on any atom is 0.335 e. The van der Waals surface area contributed by atoms with E-state index in [4.69, 9.17) is 34.8 Å². The van der Waals surface area contributed by atoms with Gasteiger partial charge < -0.3 is 25.2 Å². The normalized spacial score (nSPS) is 20.1. The van der Waals surface area contributed by atoms with Crippen molar-refractivity contribution < 1.29 is 14.7 Å². The number of hydrogen-bond acceptors (Lipinski definition) is 5. The number of allylic oxidation sites excluding steroid dienone is 2. The molecule has 3 aliphatic heterocycles. The monoisotopic (exact) mass is 819 g/mol. The second kappa shape index (κ2) is 15.6. The molecule has 3 N–H and O–H groups in total. The van der Waals surface area contributed by atoms with Gasteiger partial charge in [0, 0.05) is 70.0 Å². The van der Waals surface area contributed by atoms with Gasteiger partial charge in [0.2, 0.25) is 0 Å². The van der Waals surface area contributed by atoms with Crippen molar-refractivity contribution in [1.82, 2.24) is 14.8 Å². The number of carbonyl (C=O) groups excluding carboxylic acids is 1. The van der Waals surface area contributed by atoms with E-state index in [1.54, 1.807) is 18.2 Å². The van der Waals surface area contributed by atoms with E-state index in [0.717, 1.165) is 77.2 Å². The standard InChI is InChI=1S/C46H44Cl3N5O3/c1-27-9-8-18-54-43(33-16-15-30(47)25-35(33)49)34-24-31(48)26-37-40(34)41(44(54)39(27)28-10-4-2-5-11-28)42(50-37)45(55)51-36-23-29(46(56)57)14-17-38(36)53-21-19-52(20-22-53)32-12-6-3-7-13-32/h2,4-5,8,10-11,14-18,23-27,32,43,50H,3,6-7,9,12-13,19-22H2,1H3,(H,51,55)(H,56,57). The van der Waals surface area contributed by atoms with Crippen LogP contribution in [0.5, 0.6) is 0 Å². The van der Waals surface area contributed by atoms with Gasteiger partial charge in [0.15, 0.2) is 0 Å². The molecule has 292 valence electrons. The van der Waals surface area contributed by atoms with Crippen molar-refractivity contribution in [2.45, 2.75) is 57.5 Å². The van der Waals surface area contributed by atoms with Gasteiger partial charge in [-0.15, -0.1) is 0 Å². The Morgan fingerprint density at radius 3 is 2.35 bits per heavy atom.